The molecule has 0 aliphatic carbocycles. The lowest BCUT2D eigenvalue weighted by atomic mass is 9.92. The standard InChI is InChI=1S/C17H24O4/c1-10(2)21-15-9-11(3)17(13(5)12(15)4)14(18)7-6-8-16(19)20/h9-10H,6-8H2,1-5H3,(H,19,20). The van der Waals surface area contributed by atoms with Crippen LogP contribution in [0.15, 0.2) is 6.07 Å². The summed E-state index contributed by atoms with van der Waals surface area (Å²) >= 11 is 0. The van der Waals surface area contributed by atoms with E-state index >= 15 is 0 Å². The van der Waals surface area contributed by atoms with Crippen molar-refractivity contribution in [3.8, 4) is 5.75 Å². The fourth-order valence-corrected chi connectivity index (χ4v) is 2.38. The first-order chi connectivity index (χ1) is 9.73. The van der Waals surface area contributed by atoms with Crippen LogP contribution >= 0.6 is 0 Å². The second-order valence-electron chi connectivity index (χ2n) is 5.65. The Labute approximate surface area is 126 Å². The average molecular weight is 292 g/mol. The van der Waals surface area contributed by atoms with Gasteiger partial charge in [-0.15, -0.1) is 0 Å². The van der Waals surface area contributed by atoms with E-state index in [0.717, 1.165) is 22.4 Å². The number of hydrogen-bond donors (Lipinski definition) is 1. The van der Waals surface area contributed by atoms with Gasteiger partial charge < -0.3 is 9.84 Å². The predicted molar refractivity (Wildman–Crippen MR) is 82.2 cm³/mol. The van der Waals surface area contributed by atoms with Crippen LogP contribution in [0.1, 0.15) is 60.2 Å². The number of hydrogen-bond acceptors (Lipinski definition) is 3. The summed E-state index contributed by atoms with van der Waals surface area (Å²) in [6.45, 7) is 9.69. The van der Waals surface area contributed by atoms with Gasteiger partial charge in [-0.1, -0.05) is 0 Å². The highest BCUT2D eigenvalue weighted by molar-refractivity contribution is 5.99. The highest BCUT2D eigenvalue weighted by Crippen LogP contribution is 2.29. The van der Waals surface area contributed by atoms with E-state index < -0.39 is 5.97 Å². The number of carboxylic acids is 1. The molecular weight excluding hydrogens is 268 g/mol. The van der Waals surface area contributed by atoms with Crippen LogP contribution in [0.4, 0.5) is 0 Å². The second-order valence-corrected chi connectivity index (χ2v) is 5.65. The third kappa shape index (κ3) is 4.59. The van der Waals surface area contributed by atoms with Gasteiger partial charge in [-0.25, -0.2) is 0 Å². The Kier molecular flexibility index (Phi) is 5.94. The zero-order valence-electron chi connectivity index (χ0n) is 13.4. The summed E-state index contributed by atoms with van der Waals surface area (Å²) in [5, 5.41) is 8.64. The molecule has 0 saturated carbocycles. The molecule has 1 aromatic rings. The minimum absolute atomic E-state index is 0.00504. The molecule has 116 valence electrons. The number of ketones is 1. The molecule has 4 nitrogen and oxygen atoms in total. The fraction of sp³-hybridized carbons (Fsp3) is 0.529. The van der Waals surface area contributed by atoms with E-state index in [2.05, 4.69) is 0 Å². The molecule has 0 fully saturated rings. The van der Waals surface area contributed by atoms with Gasteiger partial charge in [-0.3, -0.25) is 9.59 Å². The van der Waals surface area contributed by atoms with Crippen molar-refractivity contribution >= 4 is 11.8 Å². The van der Waals surface area contributed by atoms with E-state index in [0.29, 0.717) is 12.0 Å². The first-order valence-corrected chi connectivity index (χ1v) is 7.26. The quantitative estimate of drug-likeness (QED) is 0.776. The fourth-order valence-electron chi connectivity index (χ4n) is 2.38. The van der Waals surface area contributed by atoms with Crippen LogP contribution in [0.25, 0.3) is 0 Å². The van der Waals surface area contributed by atoms with Crippen molar-refractivity contribution < 1.29 is 19.4 Å². The van der Waals surface area contributed by atoms with Crippen LogP contribution in [0.3, 0.4) is 0 Å². The van der Waals surface area contributed by atoms with Crippen molar-refractivity contribution in [2.24, 2.45) is 0 Å². The summed E-state index contributed by atoms with van der Waals surface area (Å²) in [4.78, 5) is 22.8. The Hall–Kier alpha value is -1.84. The smallest absolute Gasteiger partial charge is 0.303 e. The minimum Gasteiger partial charge on any atom is -0.491 e. The number of rotatable bonds is 7. The molecule has 0 amide bonds. The SMILES string of the molecule is Cc1cc(OC(C)C)c(C)c(C)c1C(=O)CCCC(=O)O. The van der Waals surface area contributed by atoms with E-state index in [-0.39, 0.29) is 24.7 Å². The van der Waals surface area contributed by atoms with E-state index in [9.17, 15) is 9.59 Å². The molecule has 0 radical (unpaired) electrons. The van der Waals surface area contributed by atoms with Crippen molar-refractivity contribution in [2.75, 3.05) is 0 Å². The van der Waals surface area contributed by atoms with Crippen molar-refractivity contribution in [1.29, 1.82) is 0 Å². The number of carboxylic acid groups (broad SMARTS) is 1. The van der Waals surface area contributed by atoms with Gasteiger partial charge >= 0.3 is 5.97 Å². The van der Waals surface area contributed by atoms with Gasteiger partial charge in [-0.05, 0) is 63.8 Å². The molecule has 1 rings (SSSR count). The van der Waals surface area contributed by atoms with Gasteiger partial charge in [0.15, 0.2) is 5.78 Å². The van der Waals surface area contributed by atoms with Crippen LogP contribution in [0.5, 0.6) is 5.75 Å². The van der Waals surface area contributed by atoms with Crippen molar-refractivity contribution in [3.63, 3.8) is 0 Å². The molecule has 0 aliphatic heterocycles. The zero-order chi connectivity index (χ0) is 16.2. The lowest BCUT2D eigenvalue weighted by Crippen LogP contribution is -2.11. The third-order valence-corrected chi connectivity index (χ3v) is 3.49. The van der Waals surface area contributed by atoms with E-state index in [1.165, 1.54) is 0 Å². The monoisotopic (exact) mass is 292 g/mol. The molecule has 21 heavy (non-hydrogen) atoms. The Morgan fingerprint density at radius 2 is 1.76 bits per heavy atom. The second kappa shape index (κ2) is 7.25. The summed E-state index contributed by atoms with van der Waals surface area (Å²) in [5.41, 5.74) is 3.48. The first-order valence-electron chi connectivity index (χ1n) is 7.26. The maximum absolute atomic E-state index is 12.3. The molecule has 0 atom stereocenters. The molecule has 0 aromatic heterocycles. The number of ether oxygens (including phenoxy) is 1. The minimum atomic E-state index is -0.867. The molecule has 4 heteroatoms. The van der Waals surface area contributed by atoms with Crippen molar-refractivity contribution in [3.05, 3.63) is 28.3 Å². The Morgan fingerprint density at radius 3 is 2.29 bits per heavy atom. The van der Waals surface area contributed by atoms with Crippen LogP contribution in [0.2, 0.25) is 0 Å². The van der Waals surface area contributed by atoms with Crippen molar-refractivity contribution in [1.82, 2.24) is 0 Å². The molecule has 0 aliphatic rings. The van der Waals surface area contributed by atoms with E-state index in [1.807, 2.05) is 40.7 Å². The summed E-state index contributed by atoms with van der Waals surface area (Å²) in [6.07, 6.45) is 0.741. The average Bonchev–Trinajstić information content (AvgIpc) is 2.34. The largest absolute Gasteiger partial charge is 0.491 e. The summed E-state index contributed by atoms with van der Waals surface area (Å²) in [5.74, 6) is -0.0550. The number of benzene rings is 1. The number of aryl methyl sites for hydroxylation is 1. The number of carbonyl (C=O) groups excluding carboxylic acids is 1. The molecule has 0 spiro atoms. The third-order valence-electron chi connectivity index (χ3n) is 3.49. The molecule has 0 unspecified atom stereocenters. The molecular formula is C17H24O4. The van der Waals surface area contributed by atoms with Crippen LogP contribution in [-0.4, -0.2) is 23.0 Å². The number of carbonyl (C=O) groups is 2. The molecule has 0 saturated heterocycles. The number of Topliss-reactive ketones (excluding diaryl/α,β-unsaturated/α-hetero) is 1. The van der Waals surface area contributed by atoms with Gasteiger partial charge in [0.1, 0.15) is 5.75 Å². The van der Waals surface area contributed by atoms with Gasteiger partial charge in [0.2, 0.25) is 0 Å². The van der Waals surface area contributed by atoms with Gasteiger partial charge in [-0.2, -0.15) is 0 Å². The summed E-state index contributed by atoms with van der Waals surface area (Å²) < 4.78 is 5.76. The highest BCUT2D eigenvalue weighted by Gasteiger charge is 2.17. The topological polar surface area (TPSA) is 63.6 Å². The summed E-state index contributed by atoms with van der Waals surface area (Å²) in [7, 11) is 0. The van der Waals surface area contributed by atoms with Gasteiger partial charge in [0.25, 0.3) is 0 Å². The van der Waals surface area contributed by atoms with Gasteiger partial charge in [0, 0.05) is 18.4 Å². The lowest BCUT2D eigenvalue weighted by Gasteiger charge is -2.18. The maximum atomic E-state index is 12.3. The molecule has 0 heterocycles. The Balaban J connectivity index is 3.00. The zero-order valence-corrected chi connectivity index (χ0v) is 13.4. The first kappa shape index (κ1) is 17.2. The van der Waals surface area contributed by atoms with E-state index in [4.69, 9.17) is 9.84 Å². The molecule has 1 N–H and O–H groups in total. The number of aliphatic carboxylic acids is 1. The molecule has 1 aromatic carbocycles. The van der Waals surface area contributed by atoms with Crippen LogP contribution in [0, 0.1) is 20.8 Å². The van der Waals surface area contributed by atoms with Crippen molar-refractivity contribution in [2.45, 2.75) is 60.0 Å². The normalized spacial score (nSPS) is 10.8. The van der Waals surface area contributed by atoms with Gasteiger partial charge in [0.05, 0.1) is 6.10 Å². The van der Waals surface area contributed by atoms with Crippen LogP contribution < -0.4 is 4.74 Å². The predicted octanol–water partition coefficient (Wildman–Crippen LogP) is 3.84. The Morgan fingerprint density at radius 1 is 1.14 bits per heavy atom. The summed E-state index contributed by atoms with van der Waals surface area (Å²) in [6, 6.07) is 1.90. The lowest BCUT2D eigenvalue weighted by molar-refractivity contribution is -0.137. The van der Waals surface area contributed by atoms with E-state index in [1.54, 1.807) is 0 Å². The van der Waals surface area contributed by atoms with Crippen LogP contribution in [-0.2, 0) is 4.79 Å². The maximum Gasteiger partial charge on any atom is 0.303 e. The highest BCUT2D eigenvalue weighted by atomic mass is 16.5. The molecule has 0 bridgehead atoms. The Bertz CT molecular complexity index is 544.